The predicted molar refractivity (Wildman–Crippen MR) is 66.1 cm³/mol. The van der Waals surface area contributed by atoms with Gasteiger partial charge in [0, 0.05) is 19.2 Å². The van der Waals surface area contributed by atoms with Gasteiger partial charge >= 0.3 is 6.18 Å². The molecule has 18 heavy (non-hydrogen) atoms. The van der Waals surface area contributed by atoms with Crippen molar-refractivity contribution in [2.45, 2.75) is 32.3 Å². The van der Waals surface area contributed by atoms with Gasteiger partial charge in [-0.15, -0.1) is 11.6 Å². The number of rotatable bonds is 5. The van der Waals surface area contributed by atoms with Crippen LogP contribution in [0, 0.1) is 6.92 Å². The van der Waals surface area contributed by atoms with E-state index in [-0.39, 0.29) is 5.88 Å². The van der Waals surface area contributed by atoms with Crippen LogP contribution in [0.2, 0.25) is 0 Å². The standard InChI is InChI=1S/C11H17ClF3N3/c1-4-5-18(7-11(13,14)15)10-9(6-12)8(2)16-17(10)3/h4-7H2,1-3H3. The molecule has 7 heteroatoms. The zero-order valence-electron chi connectivity index (χ0n) is 10.7. The molecule has 1 heterocycles. The highest BCUT2D eigenvalue weighted by atomic mass is 35.5. The number of hydrogen-bond acceptors (Lipinski definition) is 2. The minimum Gasteiger partial charge on any atom is -0.347 e. The fourth-order valence-corrected chi connectivity index (χ4v) is 2.30. The topological polar surface area (TPSA) is 21.1 Å². The summed E-state index contributed by atoms with van der Waals surface area (Å²) < 4.78 is 39.2. The Labute approximate surface area is 110 Å². The van der Waals surface area contributed by atoms with Gasteiger partial charge in [0.05, 0.1) is 11.6 Å². The number of aryl methyl sites for hydroxylation is 2. The summed E-state index contributed by atoms with van der Waals surface area (Å²) in [6.07, 6.45) is -3.61. The highest BCUT2D eigenvalue weighted by molar-refractivity contribution is 6.17. The SMILES string of the molecule is CCCN(CC(F)(F)F)c1c(CCl)c(C)nn1C. The lowest BCUT2D eigenvalue weighted by Gasteiger charge is -2.26. The van der Waals surface area contributed by atoms with Crippen LogP contribution in [0.25, 0.3) is 0 Å². The van der Waals surface area contributed by atoms with Crippen LogP contribution in [0.4, 0.5) is 19.0 Å². The minimum absolute atomic E-state index is 0.160. The van der Waals surface area contributed by atoms with Gasteiger partial charge in [-0.1, -0.05) is 6.92 Å². The van der Waals surface area contributed by atoms with Crippen molar-refractivity contribution in [2.75, 3.05) is 18.0 Å². The summed E-state index contributed by atoms with van der Waals surface area (Å²) in [6, 6.07) is 0. The van der Waals surface area contributed by atoms with E-state index < -0.39 is 12.7 Å². The molecule has 0 fully saturated rings. The molecule has 0 atom stereocenters. The van der Waals surface area contributed by atoms with Crippen LogP contribution in [-0.2, 0) is 12.9 Å². The summed E-state index contributed by atoms with van der Waals surface area (Å²) in [7, 11) is 1.64. The zero-order chi connectivity index (χ0) is 13.9. The number of hydrogen-bond donors (Lipinski definition) is 0. The van der Waals surface area contributed by atoms with Gasteiger partial charge in [-0.25, -0.2) is 0 Å². The van der Waals surface area contributed by atoms with Gasteiger partial charge in [-0.05, 0) is 13.3 Å². The molecule has 104 valence electrons. The van der Waals surface area contributed by atoms with E-state index in [0.29, 0.717) is 30.0 Å². The molecule has 0 unspecified atom stereocenters. The summed E-state index contributed by atoms with van der Waals surface area (Å²) in [5.74, 6) is 0.620. The van der Waals surface area contributed by atoms with Gasteiger partial charge in [0.2, 0.25) is 0 Å². The van der Waals surface area contributed by atoms with Gasteiger partial charge in [0.25, 0.3) is 0 Å². The van der Waals surface area contributed by atoms with E-state index in [9.17, 15) is 13.2 Å². The van der Waals surface area contributed by atoms with Crippen LogP contribution in [0.5, 0.6) is 0 Å². The first-order valence-electron chi connectivity index (χ1n) is 5.70. The average molecular weight is 284 g/mol. The average Bonchev–Trinajstić information content (AvgIpc) is 2.50. The normalized spacial score (nSPS) is 11.9. The van der Waals surface area contributed by atoms with Crippen molar-refractivity contribution in [2.24, 2.45) is 7.05 Å². The van der Waals surface area contributed by atoms with Crippen LogP contribution in [0.3, 0.4) is 0 Å². The molecular weight excluding hydrogens is 267 g/mol. The van der Waals surface area contributed by atoms with Crippen LogP contribution in [-0.4, -0.2) is 29.0 Å². The fourth-order valence-electron chi connectivity index (χ4n) is 1.99. The van der Waals surface area contributed by atoms with Crippen molar-refractivity contribution in [3.63, 3.8) is 0 Å². The van der Waals surface area contributed by atoms with E-state index in [1.165, 1.54) is 9.58 Å². The van der Waals surface area contributed by atoms with E-state index in [4.69, 9.17) is 11.6 Å². The number of aromatic nitrogens is 2. The molecule has 0 saturated carbocycles. The highest BCUT2D eigenvalue weighted by Crippen LogP contribution is 2.28. The lowest BCUT2D eigenvalue weighted by Crippen LogP contribution is -2.36. The van der Waals surface area contributed by atoms with Crippen LogP contribution < -0.4 is 4.90 Å². The Bertz CT molecular complexity index is 401. The lowest BCUT2D eigenvalue weighted by atomic mass is 10.2. The molecule has 0 aliphatic carbocycles. The molecule has 0 saturated heterocycles. The van der Waals surface area contributed by atoms with Crippen LogP contribution >= 0.6 is 11.6 Å². The Hall–Kier alpha value is -0.910. The van der Waals surface area contributed by atoms with Crippen molar-refractivity contribution in [1.29, 1.82) is 0 Å². The van der Waals surface area contributed by atoms with Crippen molar-refractivity contribution in [3.05, 3.63) is 11.3 Å². The summed E-state index contributed by atoms with van der Waals surface area (Å²) in [5.41, 5.74) is 1.34. The fraction of sp³-hybridized carbons (Fsp3) is 0.727. The maximum absolute atomic E-state index is 12.6. The Kier molecular flexibility index (Phi) is 4.90. The Morgan fingerprint density at radius 2 is 2.00 bits per heavy atom. The van der Waals surface area contributed by atoms with Crippen molar-refractivity contribution in [1.82, 2.24) is 9.78 Å². The minimum atomic E-state index is -4.24. The third-order valence-electron chi connectivity index (χ3n) is 2.61. The van der Waals surface area contributed by atoms with Crippen LogP contribution in [0.1, 0.15) is 24.6 Å². The first-order chi connectivity index (χ1) is 8.30. The summed E-state index contributed by atoms with van der Waals surface area (Å²) >= 11 is 5.80. The highest BCUT2D eigenvalue weighted by Gasteiger charge is 2.32. The Morgan fingerprint density at radius 3 is 2.44 bits per heavy atom. The molecule has 0 radical (unpaired) electrons. The van der Waals surface area contributed by atoms with Crippen molar-refractivity contribution >= 4 is 17.4 Å². The number of anilines is 1. The van der Waals surface area contributed by atoms with Gasteiger partial charge in [0.1, 0.15) is 12.4 Å². The van der Waals surface area contributed by atoms with Crippen molar-refractivity contribution < 1.29 is 13.2 Å². The van der Waals surface area contributed by atoms with E-state index in [0.717, 1.165) is 0 Å². The van der Waals surface area contributed by atoms with E-state index in [2.05, 4.69) is 5.10 Å². The largest absolute Gasteiger partial charge is 0.405 e. The molecule has 0 spiro atoms. The molecule has 1 aromatic rings. The number of halogens is 4. The lowest BCUT2D eigenvalue weighted by molar-refractivity contribution is -0.119. The van der Waals surface area contributed by atoms with Crippen LogP contribution in [0.15, 0.2) is 0 Å². The summed E-state index contributed by atoms with van der Waals surface area (Å²) in [5, 5.41) is 4.14. The number of nitrogens with zero attached hydrogens (tertiary/aromatic N) is 3. The first kappa shape index (κ1) is 15.1. The molecule has 0 amide bonds. The molecule has 1 aromatic heterocycles. The predicted octanol–water partition coefficient (Wildman–Crippen LogP) is 3.25. The second-order valence-corrected chi connectivity index (χ2v) is 4.45. The third-order valence-corrected chi connectivity index (χ3v) is 2.88. The molecule has 1 rings (SSSR count). The third kappa shape index (κ3) is 3.54. The van der Waals surface area contributed by atoms with Gasteiger partial charge in [0.15, 0.2) is 0 Å². The molecule has 0 aromatic carbocycles. The summed E-state index contributed by atoms with van der Waals surface area (Å²) in [4.78, 5) is 1.29. The molecule has 0 aliphatic heterocycles. The molecule has 0 aliphatic rings. The Morgan fingerprint density at radius 1 is 1.39 bits per heavy atom. The van der Waals surface area contributed by atoms with Crippen molar-refractivity contribution in [3.8, 4) is 0 Å². The van der Waals surface area contributed by atoms with E-state index in [1.807, 2.05) is 6.92 Å². The molecular formula is C11H17ClF3N3. The second-order valence-electron chi connectivity index (χ2n) is 4.18. The Balaban J connectivity index is 3.12. The number of alkyl halides is 4. The van der Waals surface area contributed by atoms with E-state index in [1.54, 1.807) is 14.0 Å². The zero-order valence-corrected chi connectivity index (χ0v) is 11.4. The second kappa shape index (κ2) is 5.82. The maximum atomic E-state index is 12.6. The van der Waals surface area contributed by atoms with Gasteiger partial charge in [-0.3, -0.25) is 4.68 Å². The van der Waals surface area contributed by atoms with Gasteiger partial charge in [-0.2, -0.15) is 18.3 Å². The maximum Gasteiger partial charge on any atom is 0.405 e. The van der Waals surface area contributed by atoms with Gasteiger partial charge < -0.3 is 4.90 Å². The summed E-state index contributed by atoms with van der Waals surface area (Å²) in [6.45, 7) is 2.93. The molecule has 3 nitrogen and oxygen atoms in total. The molecule has 0 bridgehead atoms. The smallest absolute Gasteiger partial charge is 0.347 e. The van der Waals surface area contributed by atoms with E-state index >= 15 is 0 Å². The monoisotopic (exact) mass is 283 g/mol. The first-order valence-corrected chi connectivity index (χ1v) is 6.23. The quantitative estimate of drug-likeness (QED) is 0.774. The molecule has 0 N–H and O–H groups in total.